The number of carbonyl (C=O) groups excluding carboxylic acids is 1. The quantitative estimate of drug-likeness (QED) is 0.840. The second-order valence-electron chi connectivity index (χ2n) is 5.47. The molecule has 1 aromatic carbocycles. The Balaban J connectivity index is 2.06. The lowest BCUT2D eigenvalue weighted by molar-refractivity contribution is -0.143. The van der Waals surface area contributed by atoms with E-state index in [0.717, 1.165) is 11.6 Å². The average molecular weight is 341 g/mol. The van der Waals surface area contributed by atoms with Crippen molar-refractivity contribution < 1.29 is 22.7 Å². The van der Waals surface area contributed by atoms with Crippen LogP contribution in [-0.2, 0) is 24.6 Å². The molecule has 8 heteroatoms. The van der Waals surface area contributed by atoms with Crippen molar-refractivity contribution in [2.75, 3.05) is 7.05 Å². The number of halogens is 3. The van der Waals surface area contributed by atoms with E-state index >= 15 is 0 Å². The van der Waals surface area contributed by atoms with Crippen LogP contribution in [-0.4, -0.2) is 33.7 Å². The van der Waals surface area contributed by atoms with E-state index in [0.29, 0.717) is 6.54 Å². The first-order valence-electron chi connectivity index (χ1n) is 7.24. The Labute approximate surface area is 137 Å². The maximum Gasteiger partial charge on any atom is 0.419 e. The van der Waals surface area contributed by atoms with Gasteiger partial charge >= 0.3 is 6.18 Å². The van der Waals surface area contributed by atoms with E-state index in [1.165, 1.54) is 30.0 Å². The van der Waals surface area contributed by atoms with Crippen molar-refractivity contribution in [1.82, 2.24) is 14.7 Å². The van der Waals surface area contributed by atoms with Crippen molar-refractivity contribution in [1.29, 1.82) is 0 Å². The number of carbonyl (C=O) groups is 1. The first-order valence-corrected chi connectivity index (χ1v) is 7.24. The smallest absolute Gasteiger partial charge is 0.419 e. The summed E-state index contributed by atoms with van der Waals surface area (Å²) in [6.07, 6.45) is -2.21. The van der Waals surface area contributed by atoms with Crippen LogP contribution < -0.4 is 4.74 Å². The molecule has 0 radical (unpaired) electrons. The van der Waals surface area contributed by atoms with E-state index in [2.05, 4.69) is 5.10 Å². The molecule has 130 valence electrons. The monoisotopic (exact) mass is 341 g/mol. The van der Waals surface area contributed by atoms with E-state index in [1.54, 1.807) is 31.2 Å². The Bertz CT molecular complexity index is 713. The molecule has 1 amide bonds. The largest absolute Gasteiger partial charge is 0.480 e. The van der Waals surface area contributed by atoms with Gasteiger partial charge in [0, 0.05) is 32.4 Å². The molecule has 24 heavy (non-hydrogen) atoms. The number of nitrogens with zero attached hydrogens (tertiary/aromatic N) is 3. The third-order valence-corrected chi connectivity index (χ3v) is 3.40. The van der Waals surface area contributed by atoms with Crippen LogP contribution in [0.5, 0.6) is 5.75 Å². The SMILES string of the molecule is CC(Oc1ccccc1C(F)(F)F)C(=O)N(C)Cc1cnn(C)c1. The van der Waals surface area contributed by atoms with Crippen molar-refractivity contribution >= 4 is 5.91 Å². The Morgan fingerprint density at radius 3 is 2.62 bits per heavy atom. The number of benzene rings is 1. The predicted molar refractivity (Wildman–Crippen MR) is 81.2 cm³/mol. The highest BCUT2D eigenvalue weighted by Gasteiger charge is 2.35. The highest BCUT2D eigenvalue weighted by molar-refractivity contribution is 5.80. The first kappa shape index (κ1) is 17.8. The number of hydrogen-bond donors (Lipinski definition) is 0. The van der Waals surface area contributed by atoms with E-state index < -0.39 is 23.8 Å². The number of para-hydroxylation sites is 1. The van der Waals surface area contributed by atoms with Gasteiger partial charge in [0.1, 0.15) is 5.75 Å². The summed E-state index contributed by atoms with van der Waals surface area (Å²) in [5, 5.41) is 4.00. The molecular formula is C16H18F3N3O2. The van der Waals surface area contributed by atoms with Crippen LogP contribution in [0.2, 0.25) is 0 Å². The first-order chi connectivity index (χ1) is 11.2. The van der Waals surface area contributed by atoms with Gasteiger partial charge in [-0.2, -0.15) is 18.3 Å². The molecule has 2 rings (SSSR count). The molecule has 0 aliphatic heterocycles. The van der Waals surface area contributed by atoms with Crippen LogP contribution >= 0.6 is 0 Å². The second-order valence-corrected chi connectivity index (χ2v) is 5.47. The number of aryl methyl sites for hydroxylation is 1. The van der Waals surface area contributed by atoms with Gasteiger partial charge < -0.3 is 9.64 Å². The van der Waals surface area contributed by atoms with Crippen LogP contribution in [0.3, 0.4) is 0 Å². The summed E-state index contributed by atoms with van der Waals surface area (Å²) in [5.74, 6) is -0.781. The minimum absolute atomic E-state index is 0.293. The maximum atomic E-state index is 13.0. The third kappa shape index (κ3) is 4.27. The normalized spacial score (nSPS) is 12.8. The summed E-state index contributed by atoms with van der Waals surface area (Å²) in [4.78, 5) is 13.7. The van der Waals surface area contributed by atoms with Crippen molar-refractivity contribution in [2.24, 2.45) is 7.05 Å². The molecule has 0 spiro atoms. The van der Waals surface area contributed by atoms with E-state index in [4.69, 9.17) is 4.74 Å². The van der Waals surface area contributed by atoms with E-state index in [-0.39, 0.29) is 5.75 Å². The fourth-order valence-corrected chi connectivity index (χ4v) is 2.26. The highest BCUT2D eigenvalue weighted by atomic mass is 19.4. The number of ether oxygens (including phenoxy) is 1. The Hall–Kier alpha value is -2.51. The molecule has 0 saturated heterocycles. The topological polar surface area (TPSA) is 47.4 Å². The van der Waals surface area contributed by atoms with Crippen LogP contribution in [0.4, 0.5) is 13.2 Å². The van der Waals surface area contributed by atoms with Gasteiger partial charge in [-0.25, -0.2) is 0 Å². The Morgan fingerprint density at radius 1 is 1.38 bits per heavy atom. The van der Waals surface area contributed by atoms with E-state index in [1.807, 2.05) is 0 Å². The fourth-order valence-electron chi connectivity index (χ4n) is 2.26. The molecular weight excluding hydrogens is 323 g/mol. The number of likely N-dealkylation sites (N-methyl/N-ethyl adjacent to an activating group) is 1. The van der Waals surface area contributed by atoms with Gasteiger partial charge in [0.15, 0.2) is 6.10 Å². The zero-order valence-corrected chi connectivity index (χ0v) is 13.5. The summed E-state index contributed by atoms with van der Waals surface area (Å²) in [6, 6.07) is 4.83. The van der Waals surface area contributed by atoms with Gasteiger partial charge in [-0.1, -0.05) is 12.1 Å². The minimum atomic E-state index is -4.54. The molecule has 5 nitrogen and oxygen atoms in total. The average Bonchev–Trinajstić information content (AvgIpc) is 2.90. The van der Waals surface area contributed by atoms with Crippen LogP contribution in [0, 0.1) is 0 Å². The molecule has 1 heterocycles. The summed E-state index contributed by atoms with van der Waals surface area (Å²) in [7, 11) is 3.32. The van der Waals surface area contributed by atoms with E-state index in [9.17, 15) is 18.0 Å². The minimum Gasteiger partial charge on any atom is -0.480 e. The van der Waals surface area contributed by atoms with Gasteiger partial charge in [-0.05, 0) is 19.1 Å². The second kappa shape index (κ2) is 6.94. The Kier molecular flexibility index (Phi) is 5.16. The lowest BCUT2D eigenvalue weighted by Crippen LogP contribution is -2.37. The molecule has 1 unspecified atom stereocenters. The molecule has 0 aliphatic rings. The van der Waals surface area contributed by atoms with Gasteiger partial charge in [-0.3, -0.25) is 9.48 Å². The molecule has 0 bridgehead atoms. The number of hydrogen-bond acceptors (Lipinski definition) is 3. The van der Waals surface area contributed by atoms with Crippen LogP contribution in [0.15, 0.2) is 36.7 Å². The number of rotatable bonds is 5. The van der Waals surface area contributed by atoms with Crippen molar-refractivity contribution in [2.45, 2.75) is 25.7 Å². The number of alkyl halides is 3. The lowest BCUT2D eigenvalue weighted by atomic mass is 10.2. The summed E-state index contributed by atoms with van der Waals surface area (Å²) < 4.78 is 45.8. The zero-order chi connectivity index (χ0) is 17.9. The standard InChI is InChI=1S/C16H18F3N3O2/c1-11(15(23)21(2)9-12-8-20-22(3)10-12)24-14-7-5-4-6-13(14)16(17,18)19/h4-8,10-11H,9H2,1-3H3. The fraction of sp³-hybridized carbons (Fsp3) is 0.375. The van der Waals surface area contributed by atoms with Gasteiger partial charge in [-0.15, -0.1) is 0 Å². The molecule has 0 saturated carbocycles. The lowest BCUT2D eigenvalue weighted by Gasteiger charge is -2.23. The molecule has 1 atom stereocenters. The summed E-state index contributed by atoms with van der Waals surface area (Å²) in [6.45, 7) is 1.72. The predicted octanol–water partition coefficient (Wildman–Crippen LogP) is 2.86. The molecule has 0 aliphatic carbocycles. The molecule has 0 fully saturated rings. The van der Waals surface area contributed by atoms with Crippen LogP contribution in [0.1, 0.15) is 18.1 Å². The molecule has 2 aromatic rings. The number of aromatic nitrogens is 2. The van der Waals surface area contributed by atoms with Crippen molar-refractivity contribution in [3.8, 4) is 5.75 Å². The zero-order valence-electron chi connectivity index (χ0n) is 13.5. The highest BCUT2D eigenvalue weighted by Crippen LogP contribution is 2.36. The third-order valence-electron chi connectivity index (χ3n) is 3.40. The summed E-state index contributed by atoms with van der Waals surface area (Å²) in [5.41, 5.74) is -0.0872. The molecule has 1 aromatic heterocycles. The van der Waals surface area contributed by atoms with Gasteiger partial charge in [0.05, 0.1) is 11.8 Å². The van der Waals surface area contributed by atoms with Gasteiger partial charge in [0.25, 0.3) is 5.91 Å². The van der Waals surface area contributed by atoms with Gasteiger partial charge in [0.2, 0.25) is 0 Å². The van der Waals surface area contributed by atoms with Crippen molar-refractivity contribution in [3.05, 3.63) is 47.8 Å². The van der Waals surface area contributed by atoms with Crippen molar-refractivity contribution in [3.63, 3.8) is 0 Å². The maximum absolute atomic E-state index is 13.0. The Morgan fingerprint density at radius 2 is 2.04 bits per heavy atom. The molecule has 0 N–H and O–H groups in total. The van der Waals surface area contributed by atoms with Crippen LogP contribution in [0.25, 0.3) is 0 Å². The summed E-state index contributed by atoms with van der Waals surface area (Å²) >= 11 is 0. The number of amides is 1.